The van der Waals surface area contributed by atoms with Gasteiger partial charge in [-0.05, 0) is 61.2 Å². The van der Waals surface area contributed by atoms with Crippen LogP contribution in [0, 0.1) is 11.6 Å². The third-order valence-electron chi connectivity index (χ3n) is 6.62. The van der Waals surface area contributed by atoms with Crippen molar-refractivity contribution in [2.45, 2.75) is 31.7 Å². The van der Waals surface area contributed by atoms with E-state index in [1.54, 1.807) is 24.3 Å². The summed E-state index contributed by atoms with van der Waals surface area (Å²) in [6.45, 7) is 1.84. The van der Waals surface area contributed by atoms with Gasteiger partial charge in [0.1, 0.15) is 0 Å². The second-order valence-corrected chi connectivity index (χ2v) is 8.72. The molecule has 8 nitrogen and oxygen atoms in total. The second kappa shape index (κ2) is 8.60. The third kappa shape index (κ3) is 3.83. The van der Waals surface area contributed by atoms with E-state index in [4.69, 9.17) is 0 Å². The average molecular weight is 468 g/mol. The molecule has 5 amide bonds. The minimum atomic E-state index is -0.833. The second-order valence-electron chi connectivity index (χ2n) is 8.72. The van der Waals surface area contributed by atoms with Gasteiger partial charge in [0, 0.05) is 13.0 Å². The largest absolute Gasteiger partial charge is 0.343 e. The minimum Gasteiger partial charge on any atom is -0.299 e. The number of nitrogens with one attached hydrogen (secondary N) is 1. The van der Waals surface area contributed by atoms with Crippen LogP contribution in [-0.4, -0.2) is 58.3 Å². The summed E-state index contributed by atoms with van der Waals surface area (Å²) < 4.78 is 27.7. The Balaban J connectivity index is 1.26. The molecule has 2 saturated heterocycles. The Kier molecular flexibility index (Phi) is 5.60. The van der Waals surface area contributed by atoms with E-state index in [1.807, 2.05) is 0 Å². The number of rotatable bonds is 4. The lowest BCUT2D eigenvalue weighted by Crippen LogP contribution is -2.58. The van der Waals surface area contributed by atoms with Gasteiger partial charge in [-0.2, -0.15) is 5.01 Å². The van der Waals surface area contributed by atoms with Crippen LogP contribution in [-0.2, 0) is 11.3 Å². The van der Waals surface area contributed by atoms with E-state index in [1.165, 1.54) is 6.07 Å². The number of benzene rings is 2. The van der Waals surface area contributed by atoms with Gasteiger partial charge in [0.25, 0.3) is 11.8 Å². The van der Waals surface area contributed by atoms with Crippen LogP contribution in [0.2, 0.25) is 0 Å². The van der Waals surface area contributed by atoms with Crippen molar-refractivity contribution in [3.8, 4) is 0 Å². The molecule has 0 aromatic heterocycles. The zero-order valence-corrected chi connectivity index (χ0v) is 18.2. The number of hydrazine groups is 1. The van der Waals surface area contributed by atoms with Gasteiger partial charge in [-0.15, -0.1) is 0 Å². The molecular formula is C24H22F2N4O4. The summed E-state index contributed by atoms with van der Waals surface area (Å²) in [7, 11) is 0. The van der Waals surface area contributed by atoms with Crippen molar-refractivity contribution in [3.05, 3.63) is 70.3 Å². The molecule has 3 aliphatic rings. The van der Waals surface area contributed by atoms with Crippen LogP contribution in [0.25, 0.3) is 0 Å². The normalized spacial score (nSPS) is 19.6. The minimum absolute atomic E-state index is 0.000127. The molecule has 0 radical (unpaired) electrons. The van der Waals surface area contributed by atoms with Gasteiger partial charge in [-0.3, -0.25) is 24.6 Å². The summed E-state index contributed by atoms with van der Waals surface area (Å²) in [6, 6.07) is 8.47. The predicted molar refractivity (Wildman–Crippen MR) is 115 cm³/mol. The Morgan fingerprint density at radius 2 is 1.65 bits per heavy atom. The van der Waals surface area contributed by atoms with Gasteiger partial charge in [0.2, 0.25) is 5.91 Å². The first-order valence-electron chi connectivity index (χ1n) is 11.1. The fourth-order valence-corrected chi connectivity index (χ4v) is 4.84. The SMILES string of the molecule is O=C1CCN(N2C(=O)c3ccc(CN4CCC(c5cccc(F)c5F)CC4)cc3C2=O)C(=O)N1. The van der Waals surface area contributed by atoms with Crippen molar-refractivity contribution in [2.75, 3.05) is 19.6 Å². The number of piperidine rings is 1. The van der Waals surface area contributed by atoms with Crippen LogP contribution in [0.1, 0.15) is 57.0 Å². The molecule has 0 atom stereocenters. The maximum Gasteiger partial charge on any atom is 0.343 e. The predicted octanol–water partition coefficient (Wildman–Crippen LogP) is 2.80. The number of hydrogen-bond donors (Lipinski definition) is 1. The number of urea groups is 1. The van der Waals surface area contributed by atoms with E-state index in [2.05, 4.69) is 10.2 Å². The van der Waals surface area contributed by atoms with Crippen molar-refractivity contribution < 1.29 is 28.0 Å². The first kappa shape index (κ1) is 22.1. The molecule has 5 rings (SSSR count). The quantitative estimate of drug-likeness (QED) is 0.697. The molecular weight excluding hydrogens is 446 g/mol. The highest BCUT2D eigenvalue weighted by atomic mass is 19.2. The van der Waals surface area contributed by atoms with Gasteiger partial charge in [0.05, 0.1) is 17.7 Å². The molecule has 3 aliphatic heterocycles. The molecule has 0 aliphatic carbocycles. The summed E-state index contributed by atoms with van der Waals surface area (Å²) in [5.41, 5.74) is 1.66. The molecule has 0 saturated carbocycles. The number of likely N-dealkylation sites (tertiary alicyclic amines) is 1. The molecule has 0 spiro atoms. The first-order valence-corrected chi connectivity index (χ1v) is 11.1. The maximum absolute atomic E-state index is 14.1. The number of halogens is 2. The smallest absolute Gasteiger partial charge is 0.299 e. The van der Waals surface area contributed by atoms with Crippen molar-refractivity contribution in [1.29, 1.82) is 0 Å². The average Bonchev–Trinajstić information content (AvgIpc) is 3.06. The van der Waals surface area contributed by atoms with Gasteiger partial charge < -0.3 is 0 Å². The number of carbonyl (C=O) groups excluding carboxylic acids is 4. The van der Waals surface area contributed by atoms with Gasteiger partial charge >= 0.3 is 6.03 Å². The Morgan fingerprint density at radius 1 is 0.912 bits per heavy atom. The highest BCUT2D eigenvalue weighted by Crippen LogP contribution is 2.32. The van der Waals surface area contributed by atoms with Crippen molar-refractivity contribution in [1.82, 2.24) is 20.2 Å². The highest BCUT2D eigenvalue weighted by molar-refractivity contribution is 6.22. The lowest BCUT2D eigenvalue weighted by Gasteiger charge is -2.32. The van der Waals surface area contributed by atoms with Crippen LogP contribution < -0.4 is 5.32 Å². The number of hydrogen-bond acceptors (Lipinski definition) is 5. The fourth-order valence-electron chi connectivity index (χ4n) is 4.84. The number of carbonyl (C=O) groups is 4. The Labute approximate surface area is 194 Å². The van der Waals surface area contributed by atoms with Crippen molar-refractivity contribution >= 4 is 23.8 Å². The molecule has 3 heterocycles. The molecule has 10 heteroatoms. The Hall–Kier alpha value is -3.66. The van der Waals surface area contributed by atoms with Crippen LogP contribution >= 0.6 is 0 Å². The topological polar surface area (TPSA) is 90.0 Å². The number of nitrogens with zero attached hydrogens (tertiary/aromatic N) is 3. The summed E-state index contributed by atoms with van der Waals surface area (Å²) in [4.78, 5) is 51.4. The lowest BCUT2D eigenvalue weighted by molar-refractivity contribution is -0.122. The molecule has 2 aromatic rings. The summed E-state index contributed by atoms with van der Waals surface area (Å²) >= 11 is 0. The van der Waals surface area contributed by atoms with Crippen molar-refractivity contribution in [3.63, 3.8) is 0 Å². The fraction of sp³-hybridized carbons (Fsp3) is 0.333. The molecule has 34 heavy (non-hydrogen) atoms. The van der Waals surface area contributed by atoms with E-state index >= 15 is 0 Å². The Bertz CT molecular complexity index is 1210. The molecule has 176 valence electrons. The van der Waals surface area contributed by atoms with E-state index < -0.39 is 35.4 Å². The number of amides is 5. The van der Waals surface area contributed by atoms with E-state index in [-0.39, 0.29) is 30.0 Å². The van der Waals surface area contributed by atoms with E-state index in [0.29, 0.717) is 38.0 Å². The first-order chi connectivity index (χ1) is 16.3. The standard InChI is InChI=1S/C24H22F2N4O4/c25-19-3-1-2-16(21(19)26)15-6-9-28(10-7-15)13-14-4-5-17-18(12-14)23(33)30(22(17)32)29-11-8-20(31)27-24(29)34/h1-5,12,15H,6-11,13H2,(H,27,31,34). The van der Waals surface area contributed by atoms with Crippen molar-refractivity contribution in [2.24, 2.45) is 0 Å². The number of imide groups is 2. The zero-order valence-electron chi connectivity index (χ0n) is 18.2. The van der Waals surface area contributed by atoms with E-state index in [9.17, 15) is 28.0 Å². The lowest BCUT2D eigenvalue weighted by atomic mass is 9.89. The third-order valence-corrected chi connectivity index (χ3v) is 6.62. The maximum atomic E-state index is 14.1. The van der Waals surface area contributed by atoms with Crippen LogP contribution in [0.15, 0.2) is 36.4 Å². The van der Waals surface area contributed by atoms with E-state index in [0.717, 1.165) is 21.6 Å². The van der Waals surface area contributed by atoms with Gasteiger partial charge in [0.15, 0.2) is 11.6 Å². The van der Waals surface area contributed by atoms with Crippen LogP contribution in [0.3, 0.4) is 0 Å². The zero-order chi connectivity index (χ0) is 24.0. The van der Waals surface area contributed by atoms with Gasteiger partial charge in [-0.1, -0.05) is 18.2 Å². The molecule has 1 N–H and O–H groups in total. The molecule has 0 unspecified atom stereocenters. The summed E-state index contributed by atoms with van der Waals surface area (Å²) in [6.07, 6.45) is 1.36. The van der Waals surface area contributed by atoms with Gasteiger partial charge in [-0.25, -0.2) is 18.6 Å². The Morgan fingerprint density at radius 3 is 2.38 bits per heavy atom. The highest BCUT2D eigenvalue weighted by Gasteiger charge is 2.43. The number of fused-ring (bicyclic) bond motifs is 1. The molecule has 0 bridgehead atoms. The molecule has 2 fully saturated rings. The monoisotopic (exact) mass is 468 g/mol. The summed E-state index contributed by atoms with van der Waals surface area (Å²) in [5.74, 6) is -3.33. The van der Waals surface area contributed by atoms with Crippen LogP contribution in [0.4, 0.5) is 13.6 Å². The molecule has 2 aromatic carbocycles. The summed E-state index contributed by atoms with van der Waals surface area (Å²) in [5, 5.41) is 3.86. The van der Waals surface area contributed by atoms with Crippen LogP contribution in [0.5, 0.6) is 0 Å².